The van der Waals surface area contributed by atoms with E-state index in [9.17, 15) is 0 Å². The Morgan fingerprint density at radius 3 is 2.23 bits per heavy atom. The van der Waals surface area contributed by atoms with Gasteiger partial charge in [0.2, 0.25) is 0 Å². The maximum Gasteiger partial charge on any atom is 0.0210 e. The van der Waals surface area contributed by atoms with Crippen LogP contribution in [0.5, 0.6) is 0 Å². The SMILES string of the molecule is CCc1c(Br)cccc1CSCc1ccc(C(C)(C)C)cc1. The minimum atomic E-state index is 0.234. The molecule has 0 amide bonds. The molecule has 118 valence electrons. The number of halogens is 1. The minimum absolute atomic E-state index is 0.234. The average molecular weight is 377 g/mol. The molecule has 0 radical (unpaired) electrons. The molecule has 0 fully saturated rings. The van der Waals surface area contributed by atoms with E-state index in [1.807, 2.05) is 11.8 Å². The van der Waals surface area contributed by atoms with Gasteiger partial charge in [-0.2, -0.15) is 11.8 Å². The van der Waals surface area contributed by atoms with E-state index in [1.54, 1.807) is 0 Å². The van der Waals surface area contributed by atoms with E-state index in [2.05, 4.69) is 86.1 Å². The van der Waals surface area contributed by atoms with Gasteiger partial charge in [0.25, 0.3) is 0 Å². The van der Waals surface area contributed by atoms with Crippen LogP contribution in [0.25, 0.3) is 0 Å². The lowest BCUT2D eigenvalue weighted by Gasteiger charge is -2.19. The zero-order valence-electron chi connectivity index (χ0n) is 13.9. The molecule has 0 saturated carbocycles. The monoisotopic (exact) mass is 376 g/mol. The van der Waals surface area contributed by atoms with Crippen LogP contribution in [-0.4, -0.2) is 0 Å². The topological polar surface area (TPSA) is 0 Å². The van der Waals surface area contributed by atoms with E-state index in [1.165, 1.54) is 26.7 Å². The molecule has 2 rings (SSSR count). The summed E-state index contributed by atoms with van der Waals surface area (Å²) in [6, 6.07) is 15.6. The maximum absolute atomic E-state index is 3.66. The third kappa shape index (κ3) is 4.63. The van der Waals surface area contributed by atoms with Gasteiger partial charge < -0.3 is 0 Å². The van der Waals surface area contributed by atoms with Crippen LogP contribution in [0.1, 0.15) is 49.9 Å². The second kappa shape index (κ2) is 7.70. The van der Waals surface area contributed by atoms with Crippen molar-refractivity contribution in [3.8, 4) is 0 Å². The van der Waals surface area contributed by atoms with Crippen LogP contribution in [0, 0.1) is 0 Å². The van der Waals surface area contributed by atoms with E-state index in [4.69, 9.17) is 0 Å². The van der Waals surface area contributed by atoms with Gasteiger partial charge in [-0.05, 0) is 40.2 Å². The van der Waals surface area contributed by atoms with Crippen molar-refractivity contribution in [1.82, 2.24) is 0 Å². The molecule has 2 aromatic rings. The molecule has 2 aromatic carbocycles. The van der Waals surface area contributed by atoms with Gasteiger partial charge in [-0.3, -0.25) is 0 Å². The van der Waals surface area contributed by atoms with Crippen LogP contribution < -0.4 is 0 Å². The molecule has 0 N–H and O–H groups in total. The summed E-state index contributed by atoms with van der Waals surface area (Å²) in [7, 11) is 0. The first-order valence-electron chi connectivity index (χ1n) is 7.85. The van der Waals surface area contributed by atoms with Gasteiger partial charge in [-0.25, -0.2) is 0 Å². The summed E-state index contributed by atoms with van der Waals surface area (Å²) in [5.41, 5.74) is 5.94. The van der Waals surface area contributed by atoms with Crippen molar-refractivity contribution in [3.05, 3.63) is 69.2 Å². The lowest BCUT2D eigenvalue weighted by Crippen LogP contribution is -2.10. The van der Waals surface area contributed by atoms with Gasteiger partial charge in [-0.15, -0.1) is 0 Å². The number of hydrogen-bond donors (Lipinski definition) is 0. The second-order valence-electron chi connectivity index (χ2n) is 6.67. The molecule has 0 heterocycles. The van der Waals surface area contributed by atoms with Crippen LogP contribution in [-0.2, 0) is 23.3 Å². The van der Waals surface area contributed by atoms with E-state index < -0.39 is 0 Å². The Morgan fingerprint density at radius 1 is 0.955 bits per heavy atom. The van der Waals surface area contributed by atoms with Gasteiger partial charge in [0.1, 0.15) is 0 Å². The third-order valence-electron chi connectivity index (χ3n) is 3.92. The van der Waals surface area contributed by atoms with E-state index in [0.717, 1.165) is 17.9 Å². The Hall–Kier alpha value is -0.730. The molecule has 0 aromatic heterocycles. The highest BCUT2D eigenvalue weighted by Crippen LogP contribution is 2.27. The first-order valence-corrected chi connectivity index (χ1v) is 9.80. The fourth-order valence-corrected chi connectivity index (χ4v) is 4.22. The molecule has 0 unspecified atom stereocenters. The van der Waals surface area contributed by atoms with Crippen LogP contribution in [0.2, 0.25) is 0 Å². The maximum atomic E-state index is 3.66. The molecule has 0 spiro atoms. The van der Waals surface area contributed by atoms with E-state index in [-0.39, 0.29) is 5.41 Å². The summed E-state index contributed by atoms with van der Waals surface area (Å²) < 4.78 is 1.24. The molecule has 0 aliphatic rings. The normalized spacial score (nSPS) is 11.7. The highest BCUT2D eigenvalue weighted by atomic mass is 79.9. The highest BCUT2D eigenvalue weighted by molar-refractivity contribution is 9.10. The quantitative estimate of drug-likeness (QED) is 0.556. The van der Waals surface area contributed by atoms with Gasteiger partial charge in [0.05, 0.1) is 0 Å². The predicted octanol–water partition coefficient (Wildman–Crippen LogP) is 6.74. The molecular weight excluding hydrogens is 352 g/mol. The molecule has 0 saturated heterocycles. The molecule has 2 heteroatoms. The molecule has 22 heavy (non-hydrogen) atoms. The van der Waals surface area contributed by atoms with Gasteiger partial charge in [0, 0.05) is 16.0 Å². The molecule has 0 bridgehead atoms. The Bertz CT molecular complexity index is 609. The van der Waals surface area contributed by atoms with Crippen LogP contribution in [0.15, 0.2) is 46.9 Å². The van der Waals surface area contributed by atoms with Crippen molar-refractivity contribution >= 4 is 27.7 Å². The first kappa shape index (κ1) is 17.6. The van der Waals surface area contributed by atoms with Gasteiger partial charge in [-0.1, -0.05) is 80.0 Å². The number of hydrogen-bond acceptors (Lipinski definition) is 1. The zero-order valence-corrected chi connectivity index (χ0v) is 16.4. The van der Waals surface area contributed by atoms with E-state index in [0.29, 0.717) is 0 Å². The molecular formula is C20H25BrS. The second-order valence-corrected chi connectivity index (χ2v) is 8.51. The summed E-state index contributed by atoms with van der Waals surface area (Å²) in [5, 5.41) is 0. The Labute approximate surface area is 147 Å². The van der Waals surface area contributed by atoms with Crippen molar-refractivity contribution in [1.29, 1.82) is 0 Å². The summed E-state index contributed by atoms with van der Waals surface area (Å²) in [5.74, 6) is 2.14. The van der Waals surface area contributed by atoms with E-state index >= 15 is 0 Å². The van der Waals surface area contributed by atoms with Crippen LogP contribution >= 0.6 is 27.7 Å². The standard InChI is InChI=1S/C20H25BrS/c1-5-18-16(7-6-8-19(18)21)14-22-13-15-9-11-17(12-10-15)20(2,3)4/h6-12H,5,13-14H2,1-4H3. The van der Waals surface area contributed by atoms with Crippen molar-refractivity contribution in [2.45, 2.75) is 51.0 Å². The summed E-state index contributed by atoms with van der Waals surface area (Å²) >= 11 is 5.65. The van der Waals surface area contributed by atoms with Crippen molar-refractivity contribution in [2.75, 3.05) is 0 Å². The van der Waals surface area contributed by atoms with Crippen LogP contribution in [0.4, 0.5) is 0 Å². The third-order valence-corrected chi connectivity index (χ3v) is 5.71. The zero-order chi connectivity index (χ0) is 16.2. The summed E-state index contributed by atoms with van der Waals surface area (Å²) in [6.07, 6.45) is 1.08. The summed E-state index contributed by atoms with van der Waals surface area (Å²) in [4.78, 5) is 0. The Balaban J connectivity index is 1.96. The predicted molar refractivity (Wildman–Crippen MR) is 104 cm³/mol. The molecule has 0 nitrogen and oxygen atoms in total. The van der Waals surface area contributed by atoms with Gasteiger partial charge >= 0.3 is 0 Å². The Morgan fingerprint density at radius 2 is 1.64 bits per heavy atom. The molecule has 0 atom stereocenters. The van der Waals surface area contributed by atoms with Gasteiger partial charge in [0.15, 0.2) is 0 Å². The molecule has 0 aliphatic carbocycles. The highest BCUT2D eigenvalue weighted by Gasteiger charge is 2.12. The lowest BCUT2D eigenvalue weighted by atomic mass is 9.87. The van der Waals surface area contributed by atoms with Crippen molar-refractivity contribution < 1.29 is 0 Å². The molecule has 0 aliphatic heterocycles. The Kier molecular flexibility index (Phi) is 6.17. The lowest BCUT2D eigenvalue weighted by molar-refractivity contribution is 0.590. The fraction of sp³-hybridized carbons (Fsp3) is 0.400. The number of rotatable bonds is 5. The van der Waals surface area contributed by atoms with Crippen molar-refractivity contribution in [2.24, 2.45) is 0 Å². The van der Waals surface area contributed by atoms with Crippen molar-refractivity contribution in [3.63, 3.8) is 0 Å². The smallest absolute Gasteiger partial charge is 0.0210 e. The first-order chi connectivity index (χ1) is 10.4. The fourth-order valence-electron chi connectivity index (χ4n) is 2.51. The average Bonchev–Trinajstić information content (AvgIpc) is 2.47. The van der Waals surface area contributed by atoms with Crippen LogP contribution in [0.3, 0.4) is 0 Å². The number of thioether (sulfide) groups is 1. The number of benzene rings is 2. The summed E-state index contributed by atoms with van der Waals surface area (Å²) in [6.45, 7) is 9.00. The minimum Gasteiger partial charge on any atom is -0.152 e. The largest absolute Gasteiger partial charge is 0.152 e.